The second-order valence-corrected chi connectivity index (χ2v) is 12.1. The predicted molar refractivity (Wildman–Crippen MR) is 143 cm³/mol. The van der Waals surface area contributed by atoms with Crippen molar-refractivity contribution < 1.29 is 48.0 Å². The number of carboxylic acid groups (broad SMARTS) is 1. The SMILES string of the molecule is CC(CN[C@@H](Cc1ccc(OC(=O)OCC(C)(C)C)c(OC(=O)OCC(C)(C)C)c1)C(=O)O)OC(=O)C(C)C. The van der Waals surface area contributed by atoms with Crippen molar-refractivity contribution in [2.24, 2.45) is 16.7 Å². The molecule has 0 amide bonds. The summed E-state index contributed by atoms with van der Waals surface area (Å²) in [6.07, 6.45) is -2.56. The number of carboxylic acids is 1. The van der Waals surface area contributed by atoms with Crippen LogP contribution >= 0.6 is 0 Å². The summed E-state index contributed by atoms with van der Waals surface area (Å²) >= 11 is 0. The monoisotopic (exact) mass is 553 g/mol. The maximum Gasteiger partial charge on any atom is 0.513 e. The summed E-state index contributed by atoms with van der Waals surface area (Å²) in [5.74, 6) is -2.05. The van der Waals surface area contributed by atoms with E-state index < -0.39 is 30.4 Å². The number of aliphatic carboxylic acids is 1. The minimum absolute atomic E-state index is 0.0116. The first-order chi connectivity index (χ1) is 17.9. The maximum absolute atomic E-state index is 12.3. The fourth-order valence-electron chi connectivity index (χ4n) is 2.80. The molecule has 0 saturated carbocycles. The summed E-state index contributed by atoms with van der Waals surface area (Å²) in [6, 6.07) is 3.27. The highest BCUT2D eigenvalue weighted by molar-refractivity contribution is 5.74. The molecule has 0 aromatic heterocycles. The van der Waals surface area contributed by atoms with Crippen LogP contribution in [0.2, 0.25) is 0 Å². The molecule has 1 aromatic carbocycles. The third kappa shape index (κ3) is 14.4. The first kappa shape index (κ1) is 33.7. The summed E-state index contributed by atoms with van der Waals surface area (Å²) in [7, 11) is 0. The molecule has 220 valence electrons. The molecule has 0 aliphatic rings. The molecular weight excluding hydrogens is 510 g/mol. The van der Waals surface area contributed by atoms with Gasteiger partial charge in [0.15, 0.2) is 11.5 Å². The molecule has 2 atom stereocenters. The van der Waals surface area contributed by atoms with Crippen LogP contribution in [0.3, 0.4) is 0 Å². The normalized spacial score (nSPS) is 13.3. The number of esters is 1. The maximum atomic E-state index is 12.3. The van der Waals surface area contributed by atoms with Crippen LogP contribution in [0, 0.1) is 16.7 Å². The van der Waals surface area contributed by atoms with E-state index in [4.69, 9.17) is 23.7 Å². The molecule has 0 saturated heterocycles. The Labute approximate surface area is 230 Å². The number of hydrogen-bond donors (Lipinski definition) is 2. The van der Waals surface area contributed by atoms with Crippen LogP contribution in [0.1, 0.15) is 67.9 Å². The van der Waals surface area contributed by atoms with E-state index in [9.17, 15) is 24.3 Å². The third-order valence-corrected chi connectivity index (χ3v) is 4.82. The van der Waals surface area contributed by atoms with E-state index >= 15 is 0 Å². The van der Waals surface area contributed by atoms with Gasteiger partial charge in [-0.25, -0.2) is 9.59 Å². The van der Waals surface area contributed by atoms with Crippen molar-refractivity contribution in [3.8, 4) is 11.5 Å². The molecular formula is C28H43NO10. The average Bonchev–Trinajstić information content (AvgIpc) is 2.79. The van der Waals surface area contributed by atoms with Crippen molar-refractivity contribution in [1.29, 1.82) is 0 Å². The van der Waals surface area contributed by atoms with Gasteiger partial charge in [0.05, 0.1) is 19.1 Å². The van der Waals surface area contributed by atoms with Crippen molar-refractivity contribution in [2.45, 2.75) is 80.9 Å². The number of nitrogens with one attached hydrogen (secondary N) is 1. The van der Waals surface area contributed by atoms with E-state index in [0.717, 1.165) is 0 Å². The lowest BCUT2D eigenvalue weighted by Gasteiger charge is -2.20. The summed E-state index contributed by atoms with van der Waals surface area (Å²) < 4.78 is 26.1. The fraction of sp³-hybridized carbons (Fsp3) is 0.643. The van der Waals surface area contributed by atoms with Crippen molar-refractivity contribution >= 4 is 24.2 Å². The number of ether oxygens (including phenoxy) is 5. The number of carbonyl (C=O) groups excluding carboxylic acids is 3. The first-order valence-electron chi connectivity index (χ1n) is 12.8. The highest BCUT2D eigenvalue weighted by atomic mass is 16.7. The number of carbonyl (C=O) groups is 4. The highest BCUT2D eigenvalue weighted by Crippen LogP contribution is 2.30. The molecule has 1 rings (SSSR count). The van der Waals surface area contributed by atoms with E-state index in [1.54, 1.807) is 26.8 Å². The molecule has 0 bridgehead atoms. The van der Waals surface area contributed by atoms with Crippen LogP contribution in [-0.2, 0) is 30.2 Å². The van der Waals surface area contributed by atoms with Gasteiger partial charge in [-0.1, -0.05) is 61.5 Å². The highest BCUT2D eigenvalue weighted by Gasteiger charge is 2.24. The van der Waals surface area contributed by atoms with Crippen LogP contribution in [0.5, 0.6) is 11.5 Å². The van der Waals surface area contributed by atoms with Gasteiger partial charge in [-0.2, -0.15) is 0 Å². The molecule has 1 unspecified atom stereocenters. The molecule has 0 fully saturated rings. The Morgan fingerprint density at radius 2 is 1.36 bits per heavy atom. The van der Waals surface area contributed by atoms with Gasteiger partial charge >= 0.3 is 24.2 Å². The zero-order valence-corrected chi connectivity index (χ0v) is 24.4. The minimum Gasteiger partial charge on any atom is -0.480 e. The molecule has 11 nitrogen and oxygen atoms in total. The van der Waals surface area contributed by atoms with E-state index in [0.29, 0.717) is 5.56 Å². The molecule has 2 N–H and O–H groups in total. The van der Waals surface area contributed by atoms with Crippen LogP contribution < -0.4 is 14.8 Å². The van der Waals surface area contributed by atoms with E-state index in [-0.39, 0.29) is 60.4 Å². The first-order valence-corrected chi connectivity index (χ1v) is 12.8. The Bertz CT molecular complexity index is 991. The van der Waals surface area contributed by atoms with Gasteiger partial charge in [0, 0.05) is 6.54 Å². The van der Waals surface area contributed by atoms with E-state index in [2.05, 4.69) is 5.32 Å². The second-order valence-electron chi connectivity index (χ2n) is 12.1. The lowest BCUT2D eigenvalue weighted by atomic mass is 9.99. The Morgan fingerprint density at radius 3 is 1.82 bits per heavy atom. The summed E-state index contributed by atoms with van der Waals surface area (Å²) in [6.45, 7) is 16.7. The van der Waals surface area contributed by atoms with E-state index in [1.165, 1.54) is 12.1 Å². The third-order valence-electron chi connectivity index (χ3n) is 4.82. The van der Waals surface area contributed by atoms with Gasteiger partial charge in [-0.3, -0.25) is 9.59 Å². The van der Waals surface area contributed by atoms with Gasteiger partial charge in [0.1, 0.15) is 12.1 Å². The van der Waals surface area contributed by atoms with Crippen molar-refractivity contribution in [3.05, 3.63) is 23.8 Å². The minimum atomic E-state index is -1.13. The zero-order valence-electron chi connectivity index (χ0n) is 24.4. The fourth-order valence-corrected chi connectivity index (χ4v) is 2.80. The molecule has 0 heterocycles. The number of benzene rings is 1. The van der Waals surface area contributed by atoms with Crippen molar-refractivity contribution in [1.82, 2.24) is 5.32 Å². The van der Waals surface area contributed by atoms with Gasteiger partial charge in [0.2, 0.25) is 0 Å². The lowest BCUT2D eigenvalue weighted by molar-refractivity contribution is -0.151. The molecule has 0 aliphatic carbocycles. The Balaban J connectivity index is 3.06. The Hall–Kier alpha value is -3.34. The molecule has 0 spiro atoms. The number of rotatable bonds is 12. The molecule has 0 radical (unpaired) electrons. The molecule has 1 aromatic rings. The van der Waals surface area contributed by atoms with Gasteiger partial charge in [0.25, 0.3) is 0 Å². The summed E-state index contributed by atoms with van der Waals surface area (Å²) in [4.78, 5) is 48.3. The topological polar surface area (TPSA) is 147 Å². The van der Waals surface area contributed by atoms with E-state index in [1.807, 2.05) is 41.5 Å². The molecule has 11 heteroatoms. The quantitative estimate of drug-likeness (QED) is 0.205. The Morgan fingerprint density at radius 1 is 0.846 bits per heavy atom. The van der Waals surface area contributed by atoms with Crippen LogP contribution in [0.4, 0.5) is 9.59 Å². The molecule has 0 aliphatic heterocycles. The van der Waals surface area contributed by atoms with Crippen LogP contribution in [0.25, 0.3) is 0 Å². The van der Waals surface area contributed by atoms with Gasteiger partial charge in [-0.15, -0.1) is 0 Å². The molecule has 39 heavy (non-hydrogen) atoms. The summed E-state index contributed by atoms with van der Waals surface area (Å²) in [5, 5.41) is 12.6. The zero-order chi connectivity index (χ0) is 30.0. The second kappa shape index (κ2) is 14.7. The lowest BCUT2D eigenvalue weighted by Crippen LogP contribution is -2.43. The largest absolute Gasteiger partial charge is 0.513 e. The van der Waals surface area contributed by atoms with Crippen molar-refractivity contribution in [2.75, 3.05) is 19.8 Å². The van der Waals surface area contributed by atoms with Gasteiger partial charge in [-0.05, 0) is 41.9 Å². The van der Waals surface area contributed by atoms with Gasteiger partial charge < -0.3 is 34.1 Å². The summed E-state index contributed by atoms with van der Waals surface area (Å²) in [5.41, 5.74) is -0.129. The predicted octanol–water partition coefficient (Wildman–Crippen LogP) is 4.98. The standard InChI is InChI=1S/C28H43NO10/c1-17(2)24(32)37-18(3)14-29-20(23(30)31)12-19-10-11-21(38-25(33)35-15-27(4,5)6)22(13-19)39-26(34)36-16-28(7,8)9/h10-11,13,17-18,20,29H,12,14-16H2,1-9H3,(H,30,31)/t18?,20-/m0/s1. The average molecular weight is 554 g/mol. The smallest absolute Gasteiger partial charge is 0.480 e. The van der Waals surface area contributed by atoms with Crippen LogP contribution in [-0.4, -0.2) is 61.3 Å². The Kier molecular flexibility index (Phi) is 12.7. The van der Waals surface area contributed by atoms with Crippen molar-refractivity contribution in [3.63, 3.8) is 0 Å². The number of hydrogen-bond acceptors (Lipinski definition) is 10. The van der Waals surface area contributed by atoms with Crippen LogP contribution in [0.15, 0.2) is 18.2 Å².